The summed E-state index contributed by atoms with van der Waals surface area (Å²) in [6.07, 6.45) is 0. The highest BCUT2D eigenvalue weighted by Gasteiger charge is 2.05. The van der Waals surface area contributed by atoms with Crippen LogP contribution in [0.4, 0.5) is 5.69 Å². The molecular weight excluding hydrogens is 224 g/mol. The molecule has 0 aliphatic carbocycles. The maximum atomic E-state index is 6.11. The van der Waals surface area contributed by atoms with Crippen LogP contribution in [0.25, 0.3) is 10.8 Å². The van der Waals surface area contributed by atoms with E-state index in [1.54, 1.807) is 7.11 Å². The number of hydrogen-bond acceptors (Lipinski definition) is 3. The van der Waals surface area contributed by atoms with Gasteiger partial charge in [-0.05, 0) is 35.5 Å². The van der Waals surface area contributed by atoms with Gasteiger partial charge in [-0.25, -0.2) is 0 Å². The lowest BCUT2D eigenvalue weighted by atomic mass is 10.0. The van der Waals surface area contributed by atoms with Gasteiger partial charge < -0.3 is 10.5 Å². The Morgan fingerprint density at radius 1 is 1.17 bits per heavy atom. The lowest BCUT2D eigenvalue weighted by Gasteiger charge is -2.17. The molecule has 0 spiro atoms. The first-order valence-electron chi connectivity index (χ1n) is 6.15. The number of methoxy groups -OCH3 is 1. The van der Waals surface area contributed by atoms with Gasteiger partial charge in [-0.1, -0.05) is 24.3 Å². The summed E-state index contributed by atoms with van der Waals surface area (Å²) < 4.78 is 5.08. The van der Waals surface area contributed by atoms with Gasteiger partial charge in [0.05, 0.1) is 6.61 Å². The predicted molar refractivity (Wildman–Crippen MR) is 76.6 cm³/mol. The molecule has 3 heteroatoms. The van der Waals surface area contributed by atoms with Crippen molar-refractivity contribution in [2.24, 2.45) is 0 Å². The Kier molecular flexibility index (Phi) is 4.18. The highest BCUT2D eigenvalue weighted by Crippen LogP contribution is 2.22. The smallest absolute Gasteiger partial charge is 0.0589 e. The third kappa shape index (κ3) is 3.00. The molecule has 0 saturated carbocycles. The Morgan fingerprint density at radius 3 is 2.50 bits per heavy atom. The van der Waals surface area contributed by atoms with Gasteiger partial charge in [-0.2, -0.15) is 0 Å². The minimum absolute atomic E-state index is 0.740. The van der Waals surface area contributed by atoms with Gasteiger partial charge in [0.25, 0.3) is 0 Å². The van der Waals surface area contributed by atoms with Crippen LogP contribution in [0.3, 0.4) is 0 Å². The Bertz CT molecular complexity index is 525. The molecule has 0 aliphatic heterocycles. The normalized spacial score (nSPS) is 11.3. The molecule has 0 unspecified atom stereocenters. The molecule has 0 fully saturated rings. The van der Waals surface area contributed by atoms with Crippen molar-refractivity contribution in [1.29, 1.82) is 0 Å². The van der Waals surface area contributed by atoms with Crippen molar-refractivity contribution in [2.45, 2.75) is 6.54 Å². The summed E-state index contributed by atoms with van der Waals surface area (Å²) in [6, 6.07) is 12.5. The molecule has 0 radical (unpaired) electrons. The minimum atomic E-state index is 0.740. The molecule has 2 rings (SSSR count). The largest absolute Gasteiger partial charge is 0.398 e. The summed E-state index contributed by atoms with van der Waals surface area (Å²) in [4.78, 5) is 2.21. The first-order valence-corrected chi connectivity index (χ1v) is 6.15. The summed E-state index contributed by atoms with van der Waals surface area (Å²) >= 11 is 0. The number of rotatable bonds is 5. The molecule has 3 nitrogen and oxygen atoms in total. The van der Waals surface area contributed by atoms with Gasteiger partial charge >= 0.3 is 0 Å². The Balaban J connectivity index is 2.19. The van der Waals surface area contributed by atoms with E-state index in [4.69, 9.17) is 10.5 Å². The van der Waals surface area contributed by atoms with E-state index in [0.29, 0.717) is 0 Å². The molecule has 18 heavy (non-hydrogen) atoms. The third-order valence-corrected chi connectivity index (χ3v) is 3.12. The molecule has 96 valence electrons. The van der Waals surface area contributed by atoms with Crippen molar-refractivity contribution < 1.29 is 4.74 Å². The number of ether oxygens (including phenoxy) is 1. The van der Waals surface area contributed by atoms with Gasteiger partial charge in [-0.3, -0.25) is 4.90 Å². The second-order valence-electron chi connectivity index (χ2n) is 4.63. The zero-order valence-corrected chi connectivity index (χ0v) is 11.0. The maximum absolute atomic E-state index is 6.11. The lowest BCUT2D eigenvalue weighted by molar-refractivity contribution is 0.159. The lowest BCUT2D eigenvalue weighted by Crippen LogP contribution is -2.22. The van der Waals surface area contributed by atoms with Crippen molar-refractivity contribution >= 4 is 16.5 Å². The third-order valence-electron chi connectivity index (χ3n) is 3.12. The summed E-state index contributed by atoms with van der Waals surface area (Å²) in [6.45, 7) is 2.49. The summed E-state index contributed by atoms with van der Waals surface area (Å²) in [5.74, 6) is 0. The van der Waals surface area contributed by atoms with Crippen molar-refractivity contribution in [3.8, 4) is 0 Å². The zero-order chi connectivity index (χ0) is 13.0. The number of anilines is 1. The molecule has 0 bridgehead atoms. The van der Waals surface area contributed by atoms with Gasteiger partial charge in [0.2, 0.25) is 0 Å². The van der Waals surface area contributed by atoms with E-state index in [-0.39, 0.29) is 0 Å². The number of nitrogen functional groups attached to an aromatic ring is 1. The van der Waals surface area contributed by atoms with Gasteiger partial charge in [0, 0.05) is 25.9 Å². The van der Waals surface area contributed by atoms with Crippen LogP contribution in [0, 0.1) is 0 Å². The van der Waals surface area contributed by atoms with E-state index >= 15 is 0 Å². The molecule has 2 aromatic rings. The summed E-state index contributed by atoms with van der Waals surface area (Å²) in [5, 5.41) is 2.43. The second kappa shape index (κ2) is 5.85. The average Bonchev–Trinajstić information content (AvgIpc) is 2.37. The van der Waals surface area contributed by atoms with Gasteiger partial charge in [0.15, 0.2) is 0 Å². The van der Waals surface area contributed by atoms with E-state index in [1.807, 2.05) is 6.07 Å². The molecule has 0 aromatic heterocycles. The van der Waals surface area contributed by atoms with Crippen LogP contribution in [-0.4, -0.2) is 32.2 Å². The minimum Gasteiger partial charge on any atom is -0.398 e. The fraction of sp³-hybridized carbons (Fsp3) is 0.333. The van der Waals surface area contributed by atoms with Crippen LogP contribution in [0.5, 0.6) is 0 Å². The number of hydrogen-bond donors (Lipinski definition) is 1. The molecule has 0 heterocycles. The van der Waals surface area contributed by atoms with E-state index in [0.717, 1.165) is 25.4 Å². The molecule has 0 saturated heterocycles. The van der Waals surface area contributed by atoms with Crippen LogP contribution in [0.1, 0.15) is 5.56 Å². The van der Waals surface area contributed by atoms with Crippen molar-refractivity contribution in [1.82, 2.24) is 4.90 Å². The number of nitrogens with zero attached hydrogens (tertiary/aromatic N) is 1. The van der Waals surface area contributed by atoms with E-state index in [1.165, 1.54) is 16.3 Å². The summed E-state index contributed by atoms with van der Waals surface area (Å²) in [5.41, 5.74) is 8.14. The Hall–Kier alpha value is -1.58. The average molecular weight is 244 g/mol. The monoisotopic (exact) mass is 244 g/mol. The molecular formula is C15H20N2O. The second-order valence-corrected chi connectivity index (χ2v) is 4.63. The first-order chi connectivity index (χ1) is 8.70. The molecule has 0 atom stereocenters. The SMILES string of the molecule is COCCN(C)Cc1cc2ccccc2cc1N. The molecule has 0 aliphatic rings. The van der Waals surface area contributed by atoms with Crippen molar-refractivity contribution in [3.05, 3.63) is 42.0 Å². The molecule has 2 aromatic carbocycles. The fourth-order valence-electron chi connectivity index (χ4n) is 2.06. The topological polar surface area (TPSA) is 38.5 Å². The van der Waals surface area contributed by atoms with Gasteiger partial charge in [-0.15, -0.1) is 0 Å². The van der Waals surface area contributed by atoms with Crippen molar-refractivity contribution in [2.75, 3.05) is 33.0 Å². The van der Waals surface area contributed by atoms with Crippen molar-refractivity contribution in [3.63, 3.8) is 0 Å². The molecule has 0 amide bonds. The quantitative estimate of drug-likeness (QED) is 0.821. The number of nitrogens with two attached hydrogens (primary N) is 1. The maximum Gasteiger partial charge on any atom is 0.0589 e. The van der Waals surface area contributed by atoms with E-state index in [9.17, 15) is 0 Å². The highest BCUT2D eigenvalue weighted by molar-refractivity contribution is 5.86. The Labute approximate surface area is 108 Å². The van der Waals surface area contributed by atoms with Crippen LogP contribution in [0.15, 0.2) is 36.4 Å². The van der Waals surface area contributed by atoms with E-state index in [2.05, 4.69) is 42.3 Å². The highest BCUT2D eigenvalue weighted by atomic mass is 16.5. The predicted octanol–water partition coefficient (Wildman–Crippen LogP) is 2.50. The first kappa shape index (κ1) is 12.9. The number of likely N-dealkylation sites (N-methyl/N-ethyl adjacent to an activating group) is 1. The molecule has 2 N–H and O–H groups in total. The van der Waals surface area contributed by atoms with Crippen LogP contribution >= 0.6 is 0 Å². The zero-order valence-electron chi connectivity index (χ0n) is 11.0. The van der Waals surface area contributed by atoms with Crippen LogP contribution in [0.2, 0.25) is 0 Å². The Morgan fingerprint density at radius 2 is 1.83 bits per heavy atom. The van der Waals surface area contributed by atoms with Crippen LogP contribution < -0.4 is 5.73 Å². The number of benzene rings is 2. The number of fused-ring (bicyclic) bond motifs is 1. The fourth-order valence-corrected chi connectivity index (χ4v) is 2.06. The summed E-state index contributed by atoms with van der Waals surface area (Å²) in [7, 11) is 3.80. The van der Waals surface area contributed by atoms with Gasteiger partial charge in [0.1, 0.15) is 0 Å². The standard InChI is InChI=1S/C15H20N2O/c1-17(7-8-18-2)11-14-9-12-5-3-4-6-13(12)10-15(14)16/h3-6,9-10H,7-8,11,16H2,1-2H3. The van der Waals surface area contributed by atoms with E-state index < -0.39 is 0 Å². The van der Waals surface area contributed by atoms with Crippen LogP contribution in [-0.2, 0) is 11.3 Å².